The summed E-state index contributed by atoms with van der Waals surface area (Å²) in [6.45, 7) is 6.40. The smallest absolute Gasteiger partial charge is 0.332 e. The van der Waals surface area contributed by atoms with Gasteiger partial charge >= 0.3 is 5.97 Å². The van der Waals surface area contributed by atoms with Crippen molar-refractivity contribution in [1.82, 2.24) is 0 Å². The summed E-state index contributed by atoms with van der Waals surface area (Å²) in [5, 5.41) is 0. The molecule has 0 spiro atoms. The second-order valence-electron chi connectivity index (χ2n) is 4.21. The third-order valence-corrected chi connectivity index (χ3v) is 1.39. The van der Waals surface area contributed by atoms with Gasteiger partial charge in [-0.2, -0.15) is 0 Å². The van der Waals surface area contributed by atoms with Gasteiger partial charge in [-0.15, -0.1) is 0 Å². The molecule has 0 fully saturated rings. The Bertz CT molecular complexity index is 207. The van der Waals surface area contributed by atoms with Crippen molar-refractivity contribution in [3.8, 4) is 0 Å². The van der Waals surface area contributed by atoms with Gasteiger partial charge in [-0.25, -0.2) is 4.79 Å². The first-order valence-electron chi connectivity index (χ1n) is 5.26. The van der Waals surface area contributed by atoms with Crippen LogP contribution in [0.25, 0.3) is 0 Å². The van der Waals surface area contributed by atoms with E-state index in [9.17, 15) is 9.59 Å². The van der Waals surface area contributed by atoms with Crippen molar-refractivity contribution < 1.29 is 23.8 Å². The van der Waals surface area contributed by atoms with Crippen LogP contribution >= 0.6 is 0 Å². The molecular weight excluding hydrogens is 212 g/mol. The number of aldehydes is 1. The summed E-state index contributed by atoms with van der Waals surface area (Å²) in [6, 6.07) is 0. The maximum Gasteiger partial charge on any atom is 0.332 e. The Morgan fingerprint density at radius 2 is 1.75 bits per heavy atom. The lowest BCUT2D eigenvalue weighted by atomic mass is 10.2. The molecule has 0 heterocycles. The molecule has 5 heteroatoms. The van der Waals surface area contributed by atoms with Crippen LogP contribution in [0.5, 0.6) is 0 Å². The first-order valence-corrected chi connectivity index (χ1v) is 5.26. The molecule has 0 N–H and O–H groups in total. The summed E-state index contributed by atoms with van der Waals surface area (Å²) in [6.07, 6.45) is 1.17. The molecule has 0 aliphatic heterocycles. The Kier molecular flexibility index (Phi) is 7.76. The molecule has 0 saturated heterocycles. The molecule has 94 valence electrons. The zero-order valence-corrected chi connectivity index (χ0v) is 10.2. The van der Waals surface area contributed by atoms with E-state index < -0.39 is 5.60 Å². The lowest BCUT2D eigenvalue weighted by Gasteiger charge is -2.19. The molecule has 0 aliphatic carbocycles. The van der Waals surface area contributed by atoms with Crippen LogP contribution in [-0.2, 0) is 23.8 Å². The average Bonchev–Trinajstić information content (AvgIpc) is 2.13. The number of ether oxygens (including phenoxy) is 3. The van der Waals surface area contributed by atoms with Crippen LogP contribution in [0, 0.1) is 0 Å². The maximum absolute atomic E-state index is 11.2. The van der Waals surface area contributed by atoms with Crippen molar-refractivity contribution in [3.63, 3.8) is 0 Å². The van der Waals surface area contributed by atoms with Gasteiger partial charge in [0.05, 0.1) is 19.8 Å². The van der Waals surface area contributed by atoms with E-state index in [0.717, 1.165) is 6.29 Å². The van der Waals surface area contributed by atoms with E-state index in [1.807, 2.05) is 0 Å². The fourth-order valence-corrected chi connectivity index (χ4v) is 0.878. The largest absolute Gasteiger partial charge is 0.458 e. The highest BCUT2D eigenvalue weighted by molar-refractivity contribution is 5.71. The maximum atomic E-state index is 11.2. The van der Waals surface area contributed by atoms with E-state index in [1.54, 1.807) is 20.8 Å². The van der Waals surface area contributed by atoms with Gasteiger partial charge in [0.1, 0.15) is 18.5 Å². The molecule has 0 unspecified atom stereocenters. The van der Waals surface area contributed by atoms with E-state index in [-0.39, 0.29) is 12.6 Å². The molecule has 0 aromatic heterocycles. The third-order valence-electron chi connectivity index (χ3n) is 1.39. The quantitative estimate of drug-likeness (QED) is 0.354. The van der Waals surface area contributed by atoms with Crippen molar-refractivity contribution in [2.24, 2.45) is 0 Å². The number of hydrogen-bond acceptors (Lipinski definition) is 5. The highest BCUT2D eigenvalue weighted by Crippen LogP contribution is 2.06. The van der Waals surface area contributed by atoms with Crippen LogP contribution in [0.15, 0.2) is 0 Å². The van der Waals surface area contributed by atoms with Crippen LogP contribution < -0.4 is 0 Å². The van der Waals surface area contributed by atoms with Crippen LogP contribution in [0.2, 0.25) is 0 Å². The Balaban J connectivity index is 3.31. The van der Waals surface area contributed by atoms with Crippen molar-refractivity contribution in [2.45, 2.75) is 32.8 Å². The number of rotatable bonds is 8. The molecule has 0 aromatic carbocycles. The molecule has 0 atom stereocenters. The summed E-state index contributed by atoms with van der Waals surface area (Å²) in [5.41, 5.74) is -0.485. The first kappa shape index (κ1) is 15.1. The summed E-state index contributed by atoms with van der Waals surface area (Å²) in [4.78, 5) is 21.1. The van der Waals surface area contributed by atoms with Crippen LogP contribution in [0.3, 0.4) is 0 Å². The van der Waals surface area contributed by atoms with Gasteiger partial charge < -0.3 is 19.0 Å². The fraction of sp³-hybridized carbons (Fsp3) is 0.818. The molecule has 0 radical (unpaired) electrons. The molecule has 0 saturated carbocycles. The van der Waals surface area contributed by atoms with Gasteiger partial charge in [-0.1, -0.05) is 0 Å². The monoisotopic (exact) mass is 232 g/mol. The molecule has 5 nitrogen and oxygen atoms in total. The highest BCUT2D eigenvalue weighted by atomic mass is 16.6. The average molecular weight is 232 g/mol. The van der Waals surface area contributed by atoms with E-state index in [2.05, 4.69) is 0 Å². The molecule has 0 rings (SSSR count). The Morgan fingerprint density at radius 1 is 1.12 bits per heavy atom. The van der Waals surface area contributed by atoms with Crippen molar-refractivity contribution in [1.29, 1.82) is 0 Å². The normalized spacial score (nSPS) is 11.2. The number of carbonyl (C=O) groups excluding carboxylic acids is 2. The summed E-state index contributed by atoms with van der Waals surface area (Å²) < 4.78 is 15.1. The summed E-state index contributed by atoms with van der Waals surface area (Å²) >= 11 is 0. The number of hydrogen-bond donors (Lipinski definition) is 0. The zero-order valence-electron chi connectivity index (χ0n) is 10.2. The van der Waals surface area contributed by atoms with E-state index in [4.69, 9.17) is 14.2 Å². The van der Waals surface area contributed by atoms with E-state index >= 15 is 0 Å². The third kappa shape index (κ3) is 11.1. The van der Waals surface area contributed by atoms with E-state index in [0.29, 0.717) is 26.2 Å². The Labute approximate surface area is 96.1 Å². The Hall–Kier alpha value is -0.940. The second-order valence-corrected chi connectivity index (χ2v) is 4.21. The van der Waals surface area contributed by atoms with Gasteiger partial charge in [0.15, 0.2) is 0 Å². The van der Waals surface area contributed by atoms with Crippen LogP contribution in [0.4, 0.5) is 0 Å². The lowest BCUT2D eigenvalue weighted by molar-refractivity contribution is -0.160. The SMILES string of the molecule is CC(C)(C)OC(=O)COCCOCCC=O. The van der Waals surface area contributed by atoms with Gasteiger partial charge in [0.25, 0.3) is 0 Å². The minimum absolute atomic E-state index is 0.0751. The number of carbonyl (C=O) groups is 2. The molecule has 0 aromatic rings. The van der Waals surface area contributed by atoms with Crippen LogP contribution in [-0.4, -0.2) is 44.3 Å². The van der Waals surface area contributed by atoms with Crippen LogP contribution in [0.1, 0.15) is 27.2 Å². The van der Waals surface area contributed by atoms with Crippen molar-refractivity contribution in [2.75, 3.05) is 26.4 Å². The molecule has 0 amide bonds. The molecule has 16 heavy (non-hydrogen) atoms. The first-order chi connectivity index (χ1) is 7.45. The summed E-state index contributed by atoms with van der Waals surface area (Å²) in [5.74, 6) is -0.389. The summed E-state index contributed by atoms with van der Waals surface area (Å²) in [7, 11) is 0. The topological polar surface area (TPSA) is 61.8 Å². The second kappa shape index (κ2) is 8.24. The Morgan fingerprint density at radius 3 is 2.31 bits per heavy atom. The van der Waals surface area contributed by atoms with Gasteiger partial charge in [0, 0.05) is 6.42 Å². The zero-order chi connectivity index (χ0) is 12.4. The van der Waals surface area contributed by atoms with Gasteiger partial charge in [0.2, 0.25) is 0 Å². The van der Waals surface area contributed by atoms with Crippen molar-refractivity contribution in [3.05, 3.63) is 0 Å². The predicted octanol–water partition coefficient (Wildman–Crippen LogP) is 0.950. The van der Waals surface area contributed by atoms with Crippen molar-refractivity contribution >= 4 is 12.3 Å². The highest BCUT2D eigenvalue weighted by Gasteiger charge is 2.15. The molecule has 0 aliphatic rings. The van der Waals surface area contributed by atoms with Gasteiger partial charge in [-0.3, -0.25) is 0 Å². The minimum atomic E-state index is -0.485. The van der Waals surface area contributed by atoms with Gasteiger partial charge in [-0.05, 0) is 20.8 Å². The molecule has 0 bridgehead atoms. The van der Waals surface area contributed by atoms with E-state index in [1.165, 1.54) is 0 Å². The molecular formula is C11H20O5. The fourth-order valence-electron chi connectivity index (χ4n) is 0.878. The number of esters is 1. The minimum Gasteiger partial charge on any atom is -0.458 e. The predicted molar refractivity (Wildman–Crippen MR) is 58.2 cm³/mol. The standard InChI is InChI=1S/C11H20O5/c1-11(2,3)16-10(13)9-15-8-7-14-6-4-5-12/h5H,4,6-9H2,1-3H3. The lowest BCUT2D eigenvalue weighted by Crippen LogP contribution is -2.27.